The van der Waals surface area contributed by atoms with Crippen LogP contribution in [0.1, 0.15) is 23.6 Å². The number of ether oxygens (including phenoxy) is 2. The third-order valence-electron chi connectivity index (χ3n) is 3.97. The summed E-state index contributed by atoms with van der Waals surface area (Å²) < 4.78 is 11.9. The summed E-state index contributed by atoms with van der Waals surface area (Å²) in [5.41, 5.74) is 3.96. The first-order chi connectivity index (χ1) is 12.6. The first kappa shape index (κ1) is 18.1. The van der Waals surface area contributed by atoms with Crippen molar-refractivity contribution in [3.8, 4) is 11.5 Å². The molecule has 0 atom stereocenters. The Morgan fingerprint density at radius 1 is 0.808 bits per heavy atom. The highest BCUT2D eigenvalue weighted by molar-refractivity contribution is 6.32. The second-order valence-electron chi connectivity index (χ2n) is 6.11. The van der Waals surface area contributed by atoms with E-state index in [9.17, 15) is 0 Å². The van der Waals surface area contributed by atoms with Crippen molar-refractivity contribution in [2.45, 2.75) is 20.1 Å². The van der Waals surface area contributed by atoms with E-state index >= 15 is 0 Å². The Morgan fingerprint density at radius 3 is 1.81 bits per heavy atom. The predicted molar refractivity (Wildman–Crippen MR) is 108 cm³/mol. The van der Waals surface area contributed by atoms with Crippen molar-refractivity contribution in [1.29, 1.82) is 0 Å². The third kappa shape index (κ3) is 4.68. The molecule has 0 aliphatic heterocycles. The van der Waals surface area contributed by atoms with Gasteiger partial charge in [0.1, 0.15) is 24.7 Å². The van der Waals surface area contributed by atoms with Gasteiger partial charge in [0, 0.05) is 11.6 Å². The van der Waals surface area contributed by atoms with Crippen molar-refractivity contribution >= 4 is 17.2 Å². The Labute approximate surface area is 159 Å². The highest BCUT2D eigenvalue weighted by atomic mass is 35.5. The zero-order valence-electron chi connectivity index (χ0n) is 14.7. The summed E-state index contributed by atoms with van der Waals surface area (Å²) in [6.07, 6.45) is 0. The van der Waals surface area contributed by atoms with Crippen LogP contribution < -0.4 is 9.47 Å². The lowest BCUT2D eigenvalue weighted by molar-refractivity contribution is 0.289. The van der Waals surface area contributed by atoms with Crippen molar-refractivity contribution in [2.75, 3.05) is 0 Å². The molecule has 0 N–H and O–H groups in total. The summed E-state index contributed by atoms with van der Waals surface area (Å²) in [5.74, 6) is 1.32. The Bertz CT molecular complexity index is 873. The van der Waals surface area contributed by atoms with Gasteiger partial charge in [-0.25, -0.2) is 0 Å². The smallest absolute Gasteiger partial charge is 0.142 e. The third-order valence-corrected chi connectivity index (χ3v) is 4.26. The van der Waals surface area contributed by atoms with E-state index in [1.165, 1.54) is 0 Å². The molecule has 0 unspecified atom stereocenters. The fourth-order valence-electron chi connectivity index (χ4n) is 2.57. The molecule has 0 aliphatic carbocycles. The molecule has 0 radical (unpaired) electrons. The lowest BCUT2D eigenvalue weighted by Gasteiger charge is -2.16. The normalized spacial score (nSPS) is 10.4. The summed E-state index contributed by atoms with van der Waals surface area (Å²) in [6.45, 7) is 6.88. The van der Waals surface area contributed by atoms with Gasteiger partial charge in [-0.05, 0) is 29.7 Å². The van der Waals surface area contributed by atoms with Crippen LogP contribution in [0.5, 0.6) is 11.5 Å². The van der Waals surface area contributed by atoms with Crippen LogP contribution >= 0.6 is 11.6 Å². The van der Waals surface area contributed by atoms with E-state index in [2.05, 4.69) is 6.58 Å². The fraction of sp³-hybridized carbons (Fsp3) is 0.130. The van der Waals surface area contributed by atoms with E-state index in [1.807, 2.05) is 79.7 Å². The molecule has 0 heterocycles. The second kappa shape index (κ2) is 8.59. The molecule has 0 spiro atoms. The van der Waals surface area contributed by atoms with E-state index in [0.29, 0.717) is 29.7 Å². The predicted octanol–water partition coefficient (Wildman–Crippen LogP) is 6.53. The maximum atomic E-state index is 6.41. The van der Waals surface area contributed by atoms with Crippen LogP contribution in [-0.2, 0) is 13.2 Å². The SMILES string of the molecule is C=C(C)c1cc(Cl)c(OCc2ccccc2)cc1OCc1ccccc1. The molecule has 3 aromatic rings. The quantitative estimate of drug-likeness (QED) is 0.474. The molecular weight excluding hydrogens is 344 g/mol. The van der Waals surface area contributed by atoms with Crippen molar-refractivity contribution in [3.05, 3.63) is 101 Å². The molecule has 0 saturated heterocycles. The molecule has 132 valence electrons. The average molecular weight is 365 g/mol. The van der Waals surface area contributed by atoms with Gasteiger partial charge in [0.15, 0.2) is 0 Å². The van der Waals surface area contributed by atoms with Crippen molar-refractivity contribution in [1.82, 2.24) is 0 Å². The van der Waals surface area contributed by atoms with Gasteiger partial charge in [-0.1, -0.05) is 78.8 Å². The maximum absolute atomic E-state index is 6.41. The zero-order valence-corrected chi connectivity index (χ0v) is 15.5. The minimum absolute atomic E-state index is 0.450. The van der Waals surface area contributed by atoms with Crippen LogP contribution in [0.2, 0.25) is 5.02 Å². The number of allylic oxidation sites excluding steroid dienone is 1. The van der Waals surface area contributed by atoms with Crippen LogP contribution in [0.25, 0.3) is 5.57 Å². The van der Waals surface area contributed by atoms with Gasteiger partial charge < -0.3 is 9.47 Å². The van der Waals surface area contributed by atoms with Gasteiger partial charge in [0.25, 0.3) is 0 Å². The highest BCUT2D eigenvalue weighted by Crippen LogP contribution is 2.36. The van der Waals surface area contributed by atoms with Crippen LogP contribution in [0.4, 0.5) is 0 Å². The Kier molecular flexibility index (Phi) is 5.98. The van der Waals surface area contributed by atoms with E-state index < -0.39 is 0 Å². The van der Waals surface area contributed by atoms with Gasteiger partial charge in [-0.15, -0.1) is 0 Å². The molecule has 2 nitrogen and oxygen atoms in total. The highest BCUT2D eigenvalue weighted by Gasteiger charge is 2.12. The lowest BCUT2D eigenvalue weighted by atomic mass is 10.1. The lowest BCUT2D eigenvalue weighted by Crippen LogP contribution is -2.00. The van der Waals surface area contributed by atoms with Crippen LogP contribution in [0.3, 0.4) is 0 Å². The molecule has 3 heteroatoms. The van der Waals surface area contributed by atoms with Gasteiger partial charge >= 0.3 is 0 Å². The second-order valence-corrected chi connectivity index (χ2v) is 6.51. The molecule has 0 fully saturated rings. The molecule has 0 aliphatic rings. The van der Waals surface area contributed by atoms with Crippen LogP contribution in [-0.4, -0.2) is 0 Å². The number of benzene rings is 3. The minimum atomic E-state index is 0.450. The van der Waals surface area contributed by atoms with Crippen molar-refractivity contribution in [2.24, 2.45) is 0 Å². The van der Waals surface area contributed by atoms with Crippen molar-refractivity contribution in [3.63, 3.8) is 0 Å². The van der Waals surface area contributed by atoms with Gasteiger partial charge in [0.05, 0.1) is 5.02 Å². The summed E-state index contributed by atoms with van der Waals surface area (Å²) in [4.78, 5) is 0. The monoisotopic (exact) mass is 364 g/mol. The molecule has 0 bridgehead atoms. The van der Waals surface area contributed by atoms with E-state index in [0.717, 1.165) is 22.3 Å². The number of rotatable bonds is 7. The van der Waals surface area contributed by atoms with Gasteiger partial charge in [0.2, 0.25) is 0 Å². The average Bonchev–Trinajstić information content (AvgIpc) is 2.67. The number of halogens is 1. The zero-order chi connectivity index (χ0) is 18.4. The van der Waals surface area contributed by atoms with Gasteiger partial charge in [-0.3, -0.25) is 0 Å². The van der Waals surface area contributed by atoms with Crippen molar-refractivity contribution < 1.29 is 9.47 Å². The molecule has 3 aromatic carbocycles. The summed E-state index contributed by atoms with van der Waals surface area (Å²) in [5, 5.41) is 0.547. The minimum Gasteiger partial charge on any atom is -0.488 e. The first-order valence-electron chi connectivity index (χ1n) is 8.46. The molecule has 26 heavy (non-hydrogen) atoms. The number of hydrogen-bond acceptors (Lipinski definition) is 2. The Balaban J connectivity index is 1.80. The summed E-state index contributed by atoms with van der Waals surface area (Å²) >= 11 is 6.41. The molecule has 0 aromatic heterocycles. The molecule has 0 amide bonds. The standard InChI is InChI=1S/C23H21ClO2/c1-17(2)20-13-21(24)23(26-16-19-11-7-4-8-12-19)14-22(20)25-15-18-9-5-3-6-10-18/h3-14H,1,15-16H2,2H3. The number of hydrogen-bond donors (Lipinski definition) is 0. The first-order valence-corrected chi connectivity index (χ1v) is 8.84. The van der Waals surface area contributed by atoms with Gasteiger partial charge in [-0.2, -0.15) is 0 Å². The van der Waals surface area contributed by atoms with Crippen LogP contribution in [0, 0.1) is 0 Å². The summed E-state index contributed by atoms with van der Waals surface area (Å²) in [7, 11) is 0. The van der Waals surface area contributed by atoms with E-state index in [-0.39, 0.29) is 0 Å². The Hall–Kier alpha value is -2.71. The topological polar surface area (TPSA) is 18.5 Å². The summed E-state index contributed by atoms with van der Waals surface area (Å²) in [6, 6.07) is 23.7. The molecule has 3 rings (SSSR count). The fourth-order valence-corrected chi connectivity index (χ4v) is 2.79. The Morgan fingerprint density at radius 2 is 1.31 bits per heavy atom. The molecule has 0 saturated carbocycles. The van der Waals surface area contributed by atoms with E-state index in [4.69, 9.17) is 21.1 Å². The maximum Gasteiger partial charge on any atom is 0.142 e. The van der Waals surface area contributed by atoms with Crippen LogP contribution in [0.15, 0.2) is 79.4 Å². The molecular formula is C23H21ClO2. The largest absolute Gasteiger partial charge is 0.488 e. The van der Waals surface area contributed by atoms with E-state index in [1.54, 1.807) is 0 Å².